The average Bonchev–Trinajstić information content (AvgIpc) is 2.82. The lowest BCUT2D eigenvalue weighted by atomic mass is 10.2. The molecule has 1 heterocycles. The lowest BCUT2D eigenvalue weighted by molar-refractivity contribution is -0.147. The van der Waals surface area contributed by atoms with E-state index in [9.17, 15) is 18.0 Å². The standard InChI is InChI=1S/C22H24Cl2N2O7S/c23-17-7-5-15(12-18(17)24)26-21(27)14-33-22(28)4-2-1-3-9-25-34(29,30)16-6-8-19-20(13-16)32-11-10-31-19/h5-8,12-13,25H,1-4,9-11,14H2,(H,26,27). The SMILES string of the molecule is O=C(COC(=O)CCCCCNS(=O)(=O)c1ccc2c(c1)OCCO2)Nc1ccc(Cl)c(Cl)c1. The summed E-state index contributed by atoms with van der Waals surface area (Å²) in [6, 6.07) is 9.08. The van der Waals surface area contributed by atoms with Gasteiger partial charge in [-0.25, -0.2) is 13.1 Å². The van der Waals surface area contributed by atoms with E-state index < -0.39 is 28.5 Å². The number of amides is 1. The fraction of sp³-hybridized carbons (Fsp3) is 0.364. The molecule has 0 bridgehead atoms. The Labute approximate surface area is 207 Å². The van der Waals surface area contributed by atoms with Crippen molar-refractivity contribution < 1.29 is 32.2 Å². The van der Waals surface area contributed by atoms with Gasteiger partial charge in [-0.2, -0.15) is 0 Å². The number of carbonyl (C=O) groups is 2. The Bertz CT molecular complexity index is 1140. The predicted molar refractivity (Wildman–Crippen MR) is 127 cm³/mol. The second kappa shape index (κ2) is 12.3. The van der Waals surface area contributed by atoms with Gasteiger partial charge in [0.25, 0.3) is 5.91 Å². The Morgan fingerprint density at radius 3 is 2.47 bits per heavy atom. The number of hydrogen-bond donors (Lipinski definition) is 2. The zero-order valence-corrected chi connectivity index (χ0v) is 20.5. The average molecular weight is 531 g/mol. The zero-order valence-electron chi connectivity index (χ0n) is 18.1. The number of benzene rings is 2. The second-order valence-corrected chi connectivity index (χ2v) is 9.93. The van der Waals surface area contributed by atoms with Crippen molar-refractivity contribution in [2.75, 3.05) is 31.7 Å². The number of rotatable bonds is 11. The fourth-order valence-electron chi connectivity index (χ4n) is 3.04. The van der Waals surface area contributed by atoms with Crippen molar-refractivity contribution in [3.8, 4) is 11.5 Å². The highest BCUT2D eigenvalue weighted by molar-refractivity contribution is 7.89. The lowest BCUT2D eigenvalue weighted by Crippen LogP contribution is -2.25. The van der Waals surface area contributed by atoms with Crippen molar-refractivity contribution in [1.29, 1.82) is 0 Å². The van der Waals surface area contributed by atoms with E-state index in [4.69, 9.17) is 37.4 Å². The summed E-state index contributed by atoms with van der Waals surface area (Å²) in [6.07, 6.45) is 1.76. The Hall–Kier alpha value is -2.53. The van der Waals surface area contributed by atoms with Crippen molar-refractivity contribution in [2.45, 2.75) is 30.6 Å². The third-order valence-electron chi connectivity index (χ3n) is 4.74. The van der Waals surface area contributed by atoms with Crippen LogP contribution in [0.2, 0.25) is 10.0 Å². The number of esters is 1. The third-order valence-corrected chi connectivity index (χ3v) is 6.94. The smallest absolute Gasteiger partial charge is 0.306 e. The molecule has 0 unspecified atom stereocenters. The first-order valence-corrected chi connectivity index (χ1v) is 12.8. The van der Waals surface area contributed by atoms with Gasteiger partial charge < -0.3 is 19.5 Å². The maximum Gasteiger partial charge on any atom is 0.306 e. The van der Waals surface area contributed by atoms with Crippen LogP contribution in [0, 0.1) is 0 Å². The molecule has 3 rings (SSSR count). The van der Waals surface area contributed by atoms with Crippen molar-refractivity contribution >= 4 is 50.8 Å². The van der Waals surface area contributed by atoms with Crippen LogP contribution in [0.4, 0.5) is 5.69 Å². The summed E-state index contributed by atoms with van der Waals surface area (Å²) >= 11 is 11.7. The summed E-state index contributed by atoms with van der Waals surface area (Å²) in [6.45, 7) is 0.595. The van der Waals surface area contributed by atoms with Gasteiger partial charge in [0.2, 0.25) is 10.0 Å². The number of unbranched alkanes of at least 4 members (excludes halogenated alkanes) is 2. The normalized spacial score (nSPS) is 12.8. The van der Waals surface area contributed by atoms with E-state index in [0.29, 0.717) is 59.7 Å². The Morgan fingerprint density at radius 2 is 1.71 bits per heavy atom. The molecule has 1 aliphatic rings. The van der Waals surface area contributed by atoms with Crippen LogP contribution in [0.1, 0.15) is 25.7 Å². The molecule has 1 amide bonds. The number of nitrogens with one attached hydrogen (secondary N) is 2. The first kappa shape index (κ1) is 26.1. The molecule has 34 heavy (non-hydrogen) atoms. The molecule has 184 valence electrons. The molecular formula is C22H24Cl2N2O7S. The maximum absolute atomic E-state index is 12.4. The summed E-state index contributed by atoms with van der Waals surface area (Å²) in [4.78, 5) is 23.8. The predicted octanol–water partition coefficient (Wildman–Crippen LogP) is 3.79. The van der Waals surface area contributed by atoms with Gasteiger partial charge in [-0.1, -0.05) is 29.6 Å². The first-order valence-electron chi connectivity index (χ1n) is 10.5. The van der Waals surface area contributed by atoms with Crippen molar-refractivity contribution in [2.24, 2.45) is 0 Å². The van der Waals surface area contributed by atoms with E-state index in [1.807, 2.05) is 0 Å². The van der Waals surface area contributed by atoms with Crippen LogP contribution < -0.4 is 19.5 Å². The highest BCUT2D eigenvalue weighted by Crippen LogP contribution is 2.32. The van der Waals surface area contributed by atoms with Crippen LogP contribution >= 0.6 is 23.2 Å². The number of carbonyl (C=O) groups excluding carboxylic acids is 2. The molecule has 2 N–H and O–H groups in total. The summed E-state index contributed by atoms with van der Waals surface area (Å²) in [5.74, 6) is -0.0938. The maximum atomic E-state index is 12.4. The van der Waals surface area contributed by atoms with Crippen LogP contribution in [-0.2, 0) is 24.3 Å². The minimum absolute atomic E-state index is 0.0967. The Kier molecular flexibility index (Phi) is 9.40. The minimum atomic E-state index is -3.68. The molecule has 0 saturated heterocycles. The summed E-state index contributed by atoms with van der Waals surface area (Å²) < 4.78 is 43.2. The fourth-order valence-corrected chi connectivity index (χ4v) is 4.43. The molecule has 2 aromatic rings. The molecule has 0 aromatic heterocycles. The highest BCUT2D eigenvalue weighted by Gasteiger charge is 2.19. The van der Waals surface area contributed by atoms with Crippen molar-refractivity contribution in [3.63, 3.8) is 0 Å². The Balaban J connectivity index is 1.29. The molecule has 0 fully saturated rings. The first-order chi connectivity index (χ1) is 16.2. The second-order valence-electron chi connectivity index (χ2n) is 7.35. The molecule has 1 aliphatic heterocycles. The third kappa shape index (κ3) is 7.76. The highest BCUT2D eigenvalue weighted by atomic mass is 35.5. The van der Waals surface area contributed by atoms with Gasteiger partial charge in [-0.3, -0.25) is 9.59 Å². The summed E-state index contributed by atoms with van der Waals surface area (Å²) in [5, 5.41) is 3.21. The van der Waals surface area contributed by atoms with Gasteiger partial charge in [0.1, 0.15) is 13.2 Å². The summed E-state index contributed by atoms with van der Waals surface area (Å²) in [7, 11) is -3.68. The van der Waals surface area contributed by atoms with Gasteiger partial charge >= 0.3 is 5.97 Å². The minimum Gasteiger partial charge on any atom is -0.486 e. The molecular weight excluding hydrogens is 507 g/mol. The quantitative estimate of drug-likeness (QED) is 0.335. The number of halogens is 2. The molecule has 0 spiro atoms. The van der Waals surface area contributed by atoms with Crippen LogP contribution in [0.15, 0.2) is 41.3 Å². The molecule has 0 atom stereocenters. The van der Waals surface area contributed by atoms with Crippen LogP contribution in [-0.4, -0.2) is 46.7 Å². The van der Waals surface area contributed by atoms with Crippen LogP contribution in [0.25, 0.3) is 0 Å². The zero-order chi connectivity index (χ0) is 24.6. The molecule has 9 nitrogen and oxygen atoms in total. The monoisotopic (exact) mass is 530 g/mol. The van der Waals surface area contributed by atoms with Crippen LogP contribution in [0.5, 0.6) is 11.5 Å². The van der Waals surface area contributed by atoms with E-state index in [1.54, 1.807) is 18.2 Å². The largest absolute Gasteiger partial charge is 0.486 e. The van der Waals surface area contributed by atoms with E-state index >= 15 is 0 Å². The molecule has 0 saturated carbocycles. The lowest BCUT2D eigenvalue weighted by Gasteiger charge is -2.18. The van der Waals surface area contributed by atoms with Gasteiger partial charge in [0.15, 0.2) is 18.1 Å². The Morgan fingerprint density at radius 1 is 0.941 bits per heavy atom. The summed E-state index contributed by atoms with van der Waals surface area (Å²) in [5.41, 5.74) is 0.439. The van der Waals surface area contributed by atoms with Gasteiger partial charge in [-0.15, -0.1) is 0 Å². The van der Waals surface area contributed by atoms with Gasteiger partial charge in [-0.05, 0) is 43.2 Å². The van der Waals surface area contributed by atoms with E-state index in [2.05, 4.69) is 10.0 Å². The van der Waals surface area contributed by atoms with E-state index in [-0.39, 0.29) is 17.9 Å². The van der Waals surface area contributed by atoms with Gasteiger partial charge in [0.05, 0.1) is 14.9 Å². The van der Waals surface area contributed by atoms with Crippen molar-refractivity contribution in [3.05, 3.63) is 46.4 Å². The van der Waals surface area contributed by atoms with Gasteiger partial charge in [0, 0.05) is 24.7 Å². The van der Waals surface area contributed by atoms with Crippen molar-refractivity contribution in [1.82, 2.24) is 4.72 Å². The number of anilines is 1. The van der Waals surface area contributed by atoms with E-state index in [0.717, 1.165) is 0 Å². The molecule has 0 radical (unpaired) electrons. The molecule has 12 heteroatoms. The topological polar surface area (TPSA) is 120 Å². The number of sulfonamides is 1. The number of fused-ring (bicyclic) bond motifs is 1. The molecule has 0 aliphatic carbocycles. The number of hydrogen-bond acceptors (Lipinski definition) is 7. The van der Waals surface area contributed by atoms with Crippen LogP contribution in [0.3, 0.4) is 0 Å². The van der Waals surface area contributed by atoms with E-state index in [1.165, 1.54) is 18.2 Å². The number of ether oxygens (including phenoxy) is 3. The molecule has 2 aromatic carbocycles.